The zero-order valence-corrected chi connectivity index (χ0v) is 17.7. The molecule has 31 heavy (non-hydrogen) atoms. The Morgan fingerprint density at radius 1 is 0.839 bits per heavy atom. The van der Waals surface area contributed by atoms with E-state index in [0.717, 1.165) is 37.3 Å². The highest BCUT2D eigenvalue weighted by molar-refractivity contribution is 5.87. The van der Waals surface area contributed by atoms with Crippen LogP contribution in [-0.2, 0) is 17.8 Å². The molecule has 1 aliphatic heterocycles. The normalized spacial score (nSPS) is 14.0. The summed E-state index contributed by atoms with van der Waals surface area (Å²) in [6.07, 6.45) is 2.80. The highest BCUT2D eigenvalue weighted by atomic mass is 16.6. The number of carbonyl (C=O) groups excluding carboxylic acids is 1. The maximum atomic E-state index is 13.0. The molecule has 0 fully saturated rings. The molecule has 1 heterocycles. The molecule has 4 nitrogen and oxygen atoms in total. The van der Waals surface area contributed by atoms with Crippen molar-refractivity contribution >= 4 is 11.8 Å². The number of amides is 1. The summed E-state index contributed by atoms with van der Waals surface area (Å²) < 4.78 is 5.72. The van der Waals surface area contributed by atoms with Gasteiger partial charge in [-0.05, 0) is 35.3 Å². The van der Waals surface area contributed by atoms with Crippen LogP contribution in [0.15, 0.2) is 103 Å². The molecule has 0 aromatic heterocycles. The minimum absolute atomic E-state index is 0.317. The Balaban J connectivity index is 1.34. The smallest absolute Gasteiger partial charge is 0.414 e. The number of ether oxygens (including phenoxy) is 1. The summed E-state index contributed by atoms with van der Waals surface area (Å²) in [6.45, 7) is 3.63. The van der Waals surface area contributed by atoms with Crippen LogP contribution in [0.2, 0.25) is 0 Å². The standard InChI is InChI=1S/C27H28N2O2/c30-27(29(26-14-8-3-9-15-26)21-24-12-6-2-7-13-24)31-22-25-16-18-28(19-17-25)20-23-10-4-1-5-11-23/h1-16H,17-22H2. The summed E-state index contributed by atoms with van der Waals surface area (Å²) in [7, 11) is 0. The highest BCUT2D eigenvalue weighted by Crippen LogP contribution is 2.20. The van der Waals surface area contributed by atoms with Gasteiger partial charge in [0.1, 0.15) is 6.61 Å². The molecule has 0 saturated heterocycles. The first-order chi connectivity index (χ1) is 15.3. The van der Waals surface area contributed by atoms with E-state index >= 15 is 0 Å². The van der Waals surface area contributed by atoms with E-state index in [1.54, 1.807) is 4.90 Å². The van der Waals surface area contributed by atoms with Gasteiger partial charge in [0.15, 0.2) is 0 Å². The van der Waals surface area contributed by atoms with Crippen molar-refractivity contribution in [1.82, 2.24) is 4.90 Å². The van der Waals surface area contributed by atoms with Gasteiger partial charge in [-0.1, -0.05) is 84.9 Å². The van der Waals surface area contributed by atoms with Crippen LogP contribution in [0.5, 0.6) is 0 Å². The molecular weight excluding hydrogens is 384 g/mol. The van der Waals surface area contributed by atoms with Crippen LogP contribution in [0.3, 0.4) is 0 Å². The third kappa shape index (κ3) is 6.06. The molecule has 3 aromatic rings. The molecule has 1 aliphatic rings. The SMILES string of the molecule is O=C(OCC1=CCN(Cc2ccccc2)CC1)N(Cc1ccccc1)c1ccccc1. The molecule has 0 bridgehead atoms. The number of para-hydroxylation sites is 1. The van der Waals surface area contributed by atoms with E-state index in [1.165, 1.54) is 11.1 Å². The van der Waals surface area contributed by atoms with E-state index in [4.69, 9.17) is 4.74 Å². The van der Waals surface area contributed by atoms with E-state index in [-0.39, 0.29) is 6.09 Å². The van der Waals surface area contributed by atoms with Crippen molar-refractivity contribution in [3.63, 3.8) is 0 Å². The number of hydrogen-bond donors (Lipinski definition) is 0. The Hall–Kier alpha value is -3.37. The van der Waals surface area contributed by atoms with E-state index in [0.29, 0.717) is 13.2 Å². The molecule has 0 atom stereocenters. The Morgan fingerprint density at radius 3 is 2.06 bits per heavy atom. The zero-order chi connectivity index (χ0) is 21.3. The van der Waals surface area contributed by atoms with Gasteiger partial charge in [-0.15, -0.1) is 0 Å². The van der Waals surface area contributed by atoms with Gasteiger partial charge >= 0.3 is 6.09 Å². The first kappa shape index (κ1) is 20.9. The maximum Gasteiger partial charge on any atom is 0.414 e. The first-order valence-corrected chi connectivity index (χ1v) is 10.8. The highest BCUT2D eigenvalue weighted by Gasteiger charge is 2.19. The van der Waals surface area contributed by atoms with Crippen LogP contribution >= 0.6 is 0 Å². The molecule has 0 saturated carbocycles. The molecule has 0 aliphatic carbocycles. The third-order valence-electron chi connectivity index (χ3n) is 5.49. The Bertz CT molecular complexity index is 988. The second-order valence-electron chi connectivity index (χ2n) is 7.79. The van der Waals surface area contributed by atoms with Crippen LogP contribution in [-0.4, -0.2) is 30.7 Å². The van der Waals surface area contributed by atoms with Crippen LogP contribution in [0.1, 0.15) is 17.5 Å². The van der Waals surface area contributed by atoms with Crippen LogP contribution in [0, 0.1) is 0 Å². The number of rotatable bonds is 7. The molecule has 0 N–H and O–H groups in total. The quantitative estimate of drug-likeness (QED) is 0.469. The summed E-state index contributed by atoms with van der Waals surface area (Å²) >= 11 is 0. The van der Waals surface area contributed by atoms with Crippen molar-refractivity contribution in [2.75, 3.05) is 24.6 Å². The van der Waals surface area contributed by atoms with Crippen molar-refractivity contribution in [2.24, 2.45) is 0 Å². The number of anilines is 1. The van der Waals surface area contributed by atoms with Crippen LogP contribution in [0.25, 0.3) is 0 Å². The minimum atomic E-state index is -0.317. The van der Waals surface area contributed by atoms with Gasteiger partial charge in [0.05, 0.1) is 6.54 Å². The second kappa shape index (κ2) is 10.6. The zero-order valence-electron chi connectivity index (χ0n) is 17.7. The van der Waals surface area contributed by atoms with Crippen molar-refractivity contribution in [3.05, 3.63) is 114 Å². The molecule has 158 valence electrons. The van der Waals surface area contributed by atoms with Crippen molar-refractivity contribution < 1.29 is 9.53 Å². The van der Waals surface area contributed by atoms with Crippen molar-refractivity contribution in [1.29, 1.82) is 0 Å². The summed E-state index contributed by atoms with van der Waals surface area (Å²) in [5, 5.41) is 0. The summed E-state index contributed by atoms with van der Waals surface area (Å²) in [5.41, 5.74) is 4.41. The third-order valence-corrected chi connectivity index (χ3v) is 5.49. The molecule has 0 spiro atoms. The van der Waals surface area contributed by atoms with E-state index in [2.05, 4.69) is 35.2 Å². The number of nitrogens with zero attached hydrogens (tertiary/aromatic N) is 2. The minimum Gasteiger partial charge on any atom is -0.445 e. The first-order valence-electron chi connectivity index (χ1n) is 10.8. The van der Waals surface area contributed by atoms with E-state index in [9.17, 15) is 4.79 Å². The van der Waals surface area contributed by atoms with Gasteiger partial charge in [-0.3, -0.25) is 9.80 Å². The lowest BCUT2D eigenvalue weighted by Gasteiger charge is -2.27. The van der Waals surface area contributed by atoms with Gasteiger partial charge < -0.3 is 4.74 Å². The lowest BCUT2D eigenvalue weighted by Crippen LogP contribution is -2.33. The fourth-order valence-corrected chi connectivity index (χ4v) is 3.74. The number of carbonyl (C=O) groups is 1. The van der Waals surface area contributed by atoms with Gasteiger partial charge in [-0.25, -0.2) is 4.79 Å². The second-order valence-corrected chi connectivity index (χ2v) is 7.79. The predicted molar refractivity (Wildman–Crippen MR) is 125 cm³/mol. The molecule has 4 heteroatoms. The lowest BCUT2D eigenvalue weighted by molar-refractivity contribution is 0.159. The van der Waals surface area contributed by atoms with Crippen LogP contribution in [0.4, 0.5) is 10.5 Å². The monoisotopic (exact) mass is 412 g/mol. The molecule has 0 radical (unpaired) electrons. The molecular formula is C27H28N2O2. The Kier molecular flexibility index (Phi) is 7.14. The van der Waals surface area contributed by atoms with E-state index < -0.39 is 0 Å². The molecule has 1 amide bonds. The number of hydrogen-bond acceptors (Lipinski definition) is 3. The van der Waals surface area contributed by atoms with Gasteiger partial charge in [0, 0.05) is 25.3 Å². The molecule has 3 aromatic carbocycles. The fraction of sp³-hybridized carbons (Fsp3) is 0.222. The Morgan fingerprint density at radius 2 is 1.45 bits per heavy atom. The van der Waals surface area contributed by atoms with Crippen molar-refractivity contribution in [3.8, 4) is 0 Å². The average molecular weight is 413 g/mol. The summed E-state index contributed by atoms with van der Waals surface area (Å²) in [5.74, 6) is 0. The lowest BCUT2D eigenvalue weighted by atomic mass is 10.1. The fourth-order valence-electron chi connectivity index (χ4n) is 3.74. The molecule has 4 rings (SSSR count). The number of benzene rings is 3. The Labute approximate surface area is 184 Å². The topological polar surface area (TPSA) is 32.8 Å². The van der Waals surface area contributed by atoms with Crippen molar-refractivity contribution in [2.45, 2.75) is 19.5 Å². The maximum absolute atomic E-state index is 13.0. The van der Waals surface area contributed by atoms with Gasteiger partial charge in [-0.2, -0.15) is 0 Å². The van der Waals surface area contributed by atoms with E-state index in [1.807, 2.05) is 66.7 Å². The van der Waals surface area contributed by atoms with Gasteiger partial charge in [0.2, 0.25) is 0 Å². The predicted octanol–water partition coefficient (Wildman–Crippen LogP) is 5.66. The van der Waals surface area contributed by atoms with Crippen LogP contribution < -0.4 is 4.90 Å². The summed E-state index contributed by atoms with van der Waals surface area (Å²) in [4.78, 5) is 17.1. The largest absolute Gasteiger partial charge is 0.445 e. The summed E-state index contributed by atoms with van der Waals surface area (Å²) in [6, 6.07) is 30.2. The molecule has 0 unspecified atom stereocenters. The van der Waals surface area contributed by atoms with Gasteiger partial charge in [0.25, 0.3) is 0 Å². The average Bonchev–Trinajstić information content (AvgIpc) is 2.84.